The summed E-state index contributed by atoms with van der Waals surface area (Å²) >= 11 is 1.78. The van der Waals surface area contributed by atoms with Gasteiger partial charge >= 0.3 is 0 Å². The van der Waals surface area contributed by atoms with Crippen molar-refractivity contribution in [2.24, 2.45) is 0 Å². The molecule has 0 fully saturated rings. The molecule has 0 saturated heterocycles. The van der Waals surface area contributed by atoms with Crippen LogP contribution in [0.3, 0.4) is 0 Å². The number of benzene rings is 2. The Bertz CT molecular complexity index is 799. The SMILES string of the molecule is O=C1CSc2ccc(C(=O)Nc3ccccc3SC(F)F)cc2N1. The lowest BCUT2D eigenvalue weighted by Gasteiger charge is -2.17. The molecule has 0 spiro atoms. The molecule has 124 valence electrons. The Hall–Kier alpha value is -2.06. The number of alkyl halides is 2. The van der Waals surface area contributed by atoms with Gasteiger partial charge in [0.1, 0.15) is 0 Å². The number of hydrogen-bond donors (Lipinski definition) is 2. The van der Waals surface area contributed by atoms with E-state index in [1.165, 1.54) is 17.8 Å². The van der Waals surface area contributed by atoms with Gasteiger partial charge in [-0.2, -0.15) is 8.78 Å². The van der Waals surface area contributed by atoms with E-state index >= 15 is 0 Å². The van der Waals surface area contributed by atoms with Gasteiger partial charge in [0.2, 0.25) is 5.91 Å². The standard InChI is InChI=1S/C16H12F2N2O2S2/c17-16(18)24-13-4-2-1-3-10(13)20-15(22)9-5-6-12-11(7-9)19-14(21)8-23-12/h1-7,16H,8H2,(H,19,21)(H,20,22). The van der Waals surface area contributed by atoms with Crippen molar-refractivity contribution in [1.29, 1.82) is 0 Å². The molecular formula is C16H12F2N2O2S2. The van der Waals surface area contributed by atoms with Crippen molar-refractivity contribution in [3.63, 3.8) is 0 Å². The van der Waals surface area contributed by atoms with Gasteiger partial charge in [-0.15, -0.1) is 11.8 Å². The molecule has 0 aromatic heterocycles. The van der Waals surface area contributed by atoms with Crippen LogP contribution in [0.15, 0.2) is 52.3 Å². The second kappa shape index (κ2) is 7.23. The molecule has 0 radical (unpaired) electrons. The third kappa shape index (κ3) is 3.88. The summed E-state index contributed by atoms with van der Waals surface area (Å²) in [6.45, 7) is 0. The number of thioether (sulfide) groups is 2. The van der Waals surface area contributed by atoms with Gasteiger partial charge in [0.25, 0.3) is 11.7 Å². The van der Waals surface area contributed by atoms with Gasteiger partial charge in [0.05, 0.1) is 17.1 Å². The minimum Gasteiger partial charge on any atom is -0.324 e. The van der Waals surface area contributed by atoms with Crippen molar-refractivity contribution in [2.45, 2.75) is 15.5 Å². The number of nitrogens with one attached hydrogen (secondary N) is 2. The van der Waals surface area contributed by atoms with Crippen LogP contribution in [0, 0.1) is 0 Å². The van der Waals surface area contributed by atoms with Crippen LogP contribution < -0.4 is 10.6 Å². The van der Waals surface area contributed by atoms with Crippen LogP contribution in [0.25, 0.3) is 0 Å². The Morgan fingerprint density at radius 1 is 1.25 bits per heavy atom. The maximum absolute atomic E-state index is 12.6. The van der Waals surface area contributed by atoms with E-state index in [1.54, 1.807) is 36.4 Å². The molecule has 2 N–H and O–H groups in total. The summed E-state index contributed by atoms with van der Waals surface area (Å²) in [6, 6.07) is 11.4. The molecule has 0 bridgehead atoms. The number of amides is 2. The lowest BCUT2D eigenvalue weighted by molar-refractivity contribution is -0.113. The molecule has 0 atom stereocenters. The summed E-state index contributed by atoms with van der Waals surface area (Å²) in [5.41, 5.74) is 1.25. The highest BCUT2D eigenvalue weighted by Crippen LogP contribution is 2.34. The summed E-state index contributed by atoms with van der Waals surface area (Å²) in [5, 5.41) is 5.35. The van der Waals surface area contributed by atoms with E-state index in [2.05, 4.69) is 10.6 Å². The van der Waals surface area contributed by atoms with E-state index in [-0.39, 0.29) is 5.91 Å². The zero-order valence-electron chi connectivity index (χ0n) is 12.2. The third-order valence-electron chi connectivity index (χ3n) is 3.23. The van der Waals surface area contributed by atoms with E-state index in [1.807, 2.05) is 0 Å². The van der Waals surface area contributed by atoms with Crippen LogP contribution in [0.4, 0.5) is 20.2 Å². The lowest BCUT2D eigenvalue weighted by atomic mass is 10.1. The second-order valence-corrected chi connectivity index (χ2v) is 6.93. The van der Waals surface area contributed by atoms with E-state index in [0.717, 1.165) is 4.90 Å². The average molecular weight is 366 g/mol. The van der Waals surface area contributed by atoms with Crippen molar-refractivity contribution in [3.8, 4) is 0 Å². The van der Waals surface area contributed by atoms with Crippen molar-refractivity contribution in [1.82, 2.24) is 0 Å². The maximum Gasteiger partial charge on any atom is 0.288 e. The van der Waals surface area contributed by atoms with E-state index in [9.17, 15) is 18.4 Å². The molecule has 3 rings (SSSR count). The fourth-order valence-electron chi connectivity index (χ4n) is 2.19. The monoisotopic (exact) mass is 366 g/mol. The Morgan fingerprint density at radius 2 is 2.04 bits per heavy atom. The summed E-state index contributed by atoms with van der Waals surface area (Å²) in [6.07, 6.45) is 0. The summed E-state index contributed by atoms with van der Waals surface area (Å²) in [7, 11) is 0. The normalized spacial score (nSPS) is 13.4. The van der Waals surface area contributed by atoms with Gasteiger partial charge in [-0.3, -0.25) is 9.59 Å². The van der Waals surface area contributed by atoms with Crippen LogP contribution in [-0.4, -0.2) is 23.3 Å². The van der Waals surface area contributed by atoms with Crippen LogP contribution >= 0.6 is 23.5 Å². The van der Waals surface area contributed by atoms with E-state index < -0.39 is 11.7 Å². The van der Waals surface area contributed by atoms with Gasteiger partial charge in [-0.1, -0.05) is 23.9 Å². The molecule has 0 aliphatic carbocycles. The lowest BCUT2D eigenvalue weighted by Crippen LogP contribution is -2.20. The first-order valence-electron chi connectivity index (χ1n) is 6.95. The zero-order chi connectivity index (χ0) is 17.1. The predicted molar refractivity (Wildman–Crippen MR) is 92.1 cm³/mol. The van der Waals surface area contributed by atoms with Gasteiger partial charge in [0, 0.05) is 15.4 Å². The highest BCUT2D eigenvalue weighted by atomic mass is 32.2. The quantitative estimate of drug-likeness (QED) is 0.792. The average Bonchev–Trinajstić information content (AvgIpc) is 2.55. The van der Waals surface area contributed by atoms with Crippen molar-refractivity contribution >= 4 is 46.7 Å². The number of halogens is 2. The van der Waals surface area contributed by atoms with E-state index in [0.29, 0.717) is 39.3 Å². The molecule has 2 aromatic carbocycles. The number of hydrogen-bond acceptors (Lipinski definition) is 4. The first-order valence-corrected chi connectivity index (χ1v) is 8.81. The first kappa shape index (κ1) is 16.8. The molecule has 1 aliphatic rings. The van der Waals surface area contributed by atoms with Crippen LogP contribution in [0.5, 0.6) is 0 Å². The number of rotatable bonds is 4. The molecule has 1 aliphatic heterocycles. The minimum atomic E-state index is -2.57. The number of anilines is 2. The number of fused-ring (bicyclic) bond motifs is 1. The Kier molecular flexibility index (Phi) is 5.06. The van der Waals surface area contributed by atoms with Gasteiger partial charge < -0.3 is 10.6 Å². The third-order valence-corrected chi connectivity index (χ3v) is 5.09. The molecule has 0 saturated carbocycles. The Balaban J connectivity index is 1.81. The molecular weight excluding hydrogens is 354 g/mol. The molecule has 24 heavy (non-hydrogen) atoms. The number of carbonyl (C=O) groups excluding carboxylic acids is 2. The zero-order valence-corrected chi connectivity index (χ0v) is 13.8. The van der Waals surface area contributed by atoms with Gasteiger partial charge in [-0.25, -0.2) is 0 Å². The van der Waals surface area contributed by atoms with Gasteiger partial charge in [-0.05, 0) is 30.3 Å². The number of carbonyl (C=O) groups is 2. The fourth-order valence-corrected chi connectivity index (χ4v) is 3.57. The van der Waals surface area contributed by atoms with Crippen molar-refractivity contribution < 1.29 is 18.4 Å². The van der Waals surface area contributed by atoms with Crippen LogP contribution in [0.2, 0.25) is 0 Å². The van der Waals surface area contributed by atoms with Crippen molar-refractivity contribution in [2.75, 3.05) is 16.4 Å². The Labute approximate surface area is 145 Å². The molecule has 4 nitrogen and oxygen atoms in total. The number of para-hydroxylation sites is 1. The maximum atomic E-state index is 12.6. The Morgan fingerprint density at radius 3 is 2.83 bits per heavy atom. The van der Waals surface area contributed by atoms with Crippen molar-refractivity contribution in [3.05, 3.63) is 48.0 Å². The minimum absolute atomic E-state index is 0.122. The molecule has 8 heteroatoms. The van der Waals surface area contributed by atoms with E-state index in [4.69, 9.17) is 0 Å². The summed E-state index contributed by atoms with van der Waals surface area (Å²) < 4.78 is 25.2. The first-order chi connectivity index (χ1) is 11.5. The topological polar surface area (TPSA) is 58.2 Å². The van der Waals surface area contributed by atoms with Crippen LogP contribution in [0.1, 0.15) is 10.4 Å². The summed E-state index contributed by atoms with van der Waals surface area (Å²) in [4.78, 5) is 25.0. The highest BCUT2D eigenvalue weighted by Gasteiger charge is 2.18. The van der Waals surface area contributed by atoms with Gasteiger partial charge in [0.15, 0.2) is 0 Å². The molecule has 1 heterocycles. The smallest absolute Gasteiger partial charge is 0.288 e. The second-order valence-electron chi connectivity index (χ2n) is 4.88. The van der Waals surface area contributed by atoms with Crippen LogP contribution in [-0.2, 0) is 4.79 Å². The largest absolute Gasteiger partial charge is 0.324 e. The predicted octanol–water partition coefficient (Wildman–Crippen LogP) is 4.30. The summed E-state index contributed by atoms with van der Waals surface area (Å²) in [5.74, 6) is -2.77. The molecule has 2 amide bonds. The fraction of sp³-hybridized carbons (Fsp3) is 0.125. The highest BCUT2D eigenvalue weighted by molar-refractivity contribution is 8.00. The molecule has 2 aromatic rings. The molecule has 0 unspecified atom stereocenters.